The average molecular weight is 356 g/mol. The van der Waals surface area contributed by atoms with E-state index in [-0.39, 0.29) is 12.3 Å². The molecule has 26 heavy (non-hydrogen) atoms. The number of nitrogens with zero attached hydrogens (tertiary/aromatic N) is 1. The maximum absolute atomic E-state index is 12.1. The number of aldehydes is 1. The molecule has 1 atom stereocenters. The maximum Gasteiger partial charge on any atom is 0.222 e. The van der Waals surface area contributed by atoms with E-state index in [1.807, 2.05) is 25.1 Å². The number of carbonyl (C=O) groups is 2. The molecule has 0 bridgehead atoms. The first-order chi connectivity index (χ1) is 12.6. The lowest BCUT2D eigenvalue weighted by atomic mass is 10.1. The second-order valence-corrected chi connectivity index (χ2v) is 5.67. The molecule has 0 aromatic carbocycles. The van der Waals surface area contributed by atoms with E-state index in [0.29, 0.717) is 6.54 Å². The fourth-order valence-corrected chi connectivity index (χ4v) is 2.42. The van der Waals surface area contributed by atoms with E-state index in [4.69, 9.17) is 0 Å². The fraction of sp³-hybridized carbons (Fsp3) is 0.350. The van der Waals surface area contributed by atoms with Gasteiger partial charge in [0.05, 0.1) is 23.9 Å². The molecule has 0 aliphatic rings. The van der Waals surface area contributed by atoms with Crippen molar-refractivity contribution < 1.29 is 9.59 Å². The summed E-state index contributed by atoms with van der Waals surface area (Å²) in [5.41, 5.74) is 2.73. The van der Waals surface area contributed by atoms with E-state index in [2.05, 4.69) is 27.5 Å². The summed E-state index contributed by atoms with van der Waals surface area (Å²) < 4.78 is 0. The summed E-state index contributed by atoms with van der Waals surface area (Å²) in [6.45, 7) is 6.10. The molecule has 1 aromatic heterocycles. The SMILES string of the molecule is C=C/C=C(NC)\C(=C/C)NC(C=O)CC(=O)NCCCc1ccncc1. The van der Waals surface area contributed by atoms with Gasteiger partial charge >= 0.3 is 0 Å². The molecule has 0 aliphatic carbocycles. The Morgan fingerprint density at radius 2 is 2.04 bits per heavy atom. The highest BCUT2D eigenvalue weighted by atomic mass is 16.1. The normalized spacial score (nSPS) is 12.8. The van der Waals surface area contributed by atoms with Crippen molar-refractivity contribution in [3.8, 4) is 0 Å². The zero-order valence-electron chi connectivity index (χ0n) is 15.5. The lowest BCUT2D eigenvalue weighted by Crippen LogP contribution is -2.38. The summed E-state index contributed by atoms with van der Waals surface area (Å²) in [4.78, 5) is 27.4. The number of carbonyl (C=O) groups excluding carboxylic acids is 2. The number of amides is 1. The second-order valence-electron chi connectivity index (χ2n) is 5.67. The zero-order valence-corrected chi connectivity index (χ0v) is 15.5. The minimum atomic E-state index is -0.594. The number of aromatic nitrogens is 1. The molecule has 1 unspecified atom stereocenters. The van der Waals surface area contributed by atoms with Crippen LogP contribution >= 0.6 is 0 Å². The predicted octanol–water partition coefficient (Wildman–Crippen LogP) is 1.87. The minimum Gasteiger partial charge on any atom is -0.386 e. The molecule has 6 heteroatoms. The fourth-order valence-electron chi connectivity index (χ4n) is 2.42. The highest BCUT2D eigenvalue weighted by Gasteiger charge is 2.14. The van der Waals surface area contributed by atoms with Gasteiger partial charge < -0.3 is 20.7 Å². The molecule has 3 N–H and O–H groups in total. The van der Waals surface area contributed by atoms with E-state index < -0.39 is 6.04 Å². The zero-order chi connectivity index (χ0) is 19.2. The predicted molar refractivity (Wildman–Crippen MR) is 104 cm³/mol. The van der Waals surface area contributed by atoms with Crippen molar-refractivity contribution in [2.75, 3.05) is 13.6 Å². The number of nitrogens with one attached hydrogen (secondary N) is 3. The third-order valence-electron chi connectivity index (χ3n) is 3.76. The summed E-state index contributed by atoms with van der Waals surface area (Å²) in [5.74, 6) is -0.154. The number of hydrogen-bond acceptors (Lipinski definition) is 5. The number of hydrogen-bond donors (Lipinski definition) is 3. The highest BCUT2D eigenvalue weighted by Crippen LogP contribution is 2.06. The molecule has 6 nitrogen and oxygen atoms in total. The Morgan fingerprint density at radius 3 is 2.62 bits per heavy atom. The van der Waals surface area contributed by atoms with Crippen LogP contribution in [0.1, 0.15) is 25.3 Å². The Hall–Kier alpha value is -2.89. The van der Waals surface area contributed by atoms with Crippen LogP contribution in [0.4, 0.5) is 0 Å². The van der Waals surface area contributed by atoms with Crippen molar-refractivity contribution in [3.63, 3.8) is 0 Å². The van der Waals surface area contributed by atoms with Crippen LogP contribution in [0.2, 0.25) is 0 Å². The Bertz CT molecular complexity index is 638. The van der Waals surface area contributed by atoms with E-state index in [1.165, 1.54) is 5.56 Å². The number of likely N-dealkylation sites (N-methyl/N-ethyl adjacent to an activating group) is 1. The summed E-state index contributed by atoms with van der Waals surface area (Å²) in [6.07, 6.45) is 11.4. The van der Waals surface area contributed by atoms with Gasteiger partial charge in [0.15, 0.2) is 0 Å². The standard InChI is InChI=1S/C20H28N4O2/c1-4-7-19(21-3)18(5-2)24-17(15-25)14-20(26)23-11-6-8-16-9-12-22-13-10-16/h4-5,7,9-10,12-13,15,17,21,24H,1,6,8,11,14H2,2-3H3,(H,23,26)/b18-5+,19-7+. The van der Waals surface area contributed by atoms with Crippen molar-refractivity contribution >= 4 is 12.2 Å². The van der Waals surface area contributed by atoms with Crippen molar-refractivity contribution in [2.24, 2.45) is 0 Å². The van der Waals surface area contributed by atoms with Crippen molar-refractivity contribution in [2.45, 2.75) is 32.2 Å². The van der Waals surface area contributed by atoms with Crippen LogP contribution in [0.25, 0.3) is 0 Å². The summed E-state index contributed by atoms with van der Waals surface area (Å²) in [5, 5.41) is 8.97. The highest BCUT2D eigenvalue weighted by molar-refractivity contribution is 5.80. The second kappa shape index (κ2) is 12.5. The van der Waals surface area contributed by atoms with E-state index in [0.717, 1.165) is 30.5 Å². The monoisotopic (exact) mass is 356 g/mol. The Kier molecular flexibility index (Phi) is 10.1. The van der Waals surface area contributed by atoms with Gasteiger partial charge in [-0.1, -0.05) is 18.7 Å². The van der Waals surface area contributed by atoms with Crippen molar-refractivity contribution in [1.82, 2.24) is 20.9 Å². The summed E-state index contributed by atoms with van der Waals surface area (Å²) >= 11 is 0. The number of aryl methyl sites for hydroxylation is 1. The van der Waals surface area contributed by atoms with Crippen LogP contribution in [0.15, 0.2) is 60.7 Å². The maximum atomic E-state index is 12.1. The topological polar surface area (TPSA) is 83.1 Å². The summed E-state index contributed by atoms with van der Waals surface area (Å²) in [6, 6.07) is 3.33. The van der Waals surface area contributed by atoms with Gasteiger partial charge in [-0.3, -0.25) is 9.78 Å². The largest absolute Gasteiger partial charge is 0.386 e. The molecular weight excluding hydrogens is 328 g/mol. The molecule has 140 valence electrons. The van der Waals surface area contributed by atoms with Crippen LogP contribution in [-0.4, -0.2) is 36.8 Å². The molecule has 1 heterocycles. The molecule has 1 aromatic rings. The van der Waals surface area contributed by atoms with Gasteiger partial charge in [0.25, 0.3) is 0 Å². The van der Waals surface area contributed by atoms with Gasteiger partial charge in [-0.05, 0) is 43.5 Å². The van der Waals surface area contributed by atoms with E-state index in [9.17, 15) is 9.59 Å². The molecule has 1 amide bonds. The van der Waals surface area contributed by atoms with Crippen LogP contribution in [0, 0.1) is 0 Å². The van der Waals surface area contributed by atoms with Crippen LogP contribution in [0.5, 0.6) is 0 Å². The van der Waals surface area contributed by atoms with Gasteiger partial charge in [0.2, 0.25) is 5.91 Å². The average Bonchev–Trinajstić information content (AvgIpc) is 2.67. The number of pyridine rings is 1. The molecule has 1 rings (SSSR count). The third-order valence-corrected chi connectivity index (χ3v) is 3.76. The van der Waals surface area contributed by atoms with Gasteiger partial charge in [0.1, 0.15) is 6.29 Å². The van der Waals surface area contributed by atoms with Crippen LogP contribution in [-0.2, 0) is 16.0 Å². The Morgan fingerprint density at radius 1 is 1.31 bits per heavy atom. The van der Waals surface area contributed by atoms with Gasteiger partial charge in [-0.2, -0.15) is 0 Å². The third kappa shape index (κ3) is 7.79. The van der Waals surface area contributed by atoms with Gasteiger partial charge in [0, 0.05) is 26.0 Å². The molecular formula is C20H28N4O2. The van der Waals surface area contributed by atoms with Crippen molar-refractivity contribution in [3.05, 3.63) is 66.3 Å². The lowest BCUT2D eigenvalue weighted by molar-refractivity contribution is -0.123. The van der Waals surface area contributed by atoms with Gasteiger partial charge in [-0.15, -0.1) is 0 Å². The Balaban J connectivity index is 2.43. The van der Waals surface area contributed by atoms with Crippen LogP contribution < -0.4 is 16.0 Å². The Labute approximate surface area is 155 Å². The summed E-state index contributed by atoms with van der Waals surface area (Å²) in [7, 11) is 1.78. The number of allylic oxidation sites excluding steroid dienone is 3. The molecule has 0 saturated heterocycles. The molecule has 0 saturated carbocycles. The van der Waals surface area contributed by atoms with E-state index in [1.54, 1.807) is 31.6 Å². The number of rotatable bonds is 12. The quantitative estimate of drug-likeness (QED) is 0.303. The smallest absolute Gasteiger partial charge is 0.222 e. The first-order valence-electron chi connectivity index (χ1n) is 8.69. The minimum absolute atomic E-state index is 0.0845. The van der Waals surface area contributed by atoms with Crippen molar-refractivity contribution in [1.29, 1.82) is 0 Å². The van der Waals surface area contributed by atoms with Gasteiger partial charge in [-0.25, -0.2) is 0 Å². The van der Waals surface area contributed by atoms with Crippen LogP contribution in [0.3, 0.4) is 0 Å². The molecule has 0 aliphatic heterocycles. The molecule has 0 radical (unpaired) electrons. The molecule has 0 spiro atoms. The first-order valence-corrected chi connectivity index (χ1v) is 8.69. The lowest BCUT2D eigenvalue weighted by Gasteiger charge is -2.18. The first kappa shape index (κ1) is 21.2. The molecule has 0 fully saturated rings. The van der Waals surface area contributed by atoms with E-state index >= 15 is 0 Å².